The number of para-hydroxylation sites is 2. The van der Waals surface area contributed by atoms with Gasteiger partial charge in [0.25, 0.3) is 11.2 Å². The summed E-state index contributed by atoms with van der Waals surface area (Å²) < 4.78 is 145. The predicted molar refractivity (Wildman–Crippen MR) is 319 cm³/mol. The summed E-state index contributed by atoms with van der Waals surface area (Å²) in [6.45, 7) is 3.40. The van der Waals surface area contributed by atoms with Crippen LogP contribution in [0.3, 0.4) is 0 Å². The van der Waals surface area contributed by atoms with Crippen LogP contribution in [-0.4, -0.2) is 78.9 Å². The summed E-state index contributed by atoms with van der Waals surface area (Å²) in [4.78, 5) is 0.234. The number of rotatable bonds is 12. The van der Waals surface area contributed by atoms with Crippen molar-refractivity contribution in [1.29, 1.82) is 0 Å². The molecule has 0 N–H and O–H groups in total. The zero-order valence-electron chi connectivity index (χ0n) is 46.9. The Bertz CT molecular complexity index is 4200. The van der Waals surface area contributed by atoms with Gasteiger partial charge in [0.2, 0.25) is 20.0 Å². The van der Waals surface area contributed by atoms with Crippen LogP contribution in [-0.2, 0) is 33.1 Å². The molecular formula is C64H54F6N12O4S2. The summed E-state index contributed by atoms with van der Waals surface area (Å²) >= 11 is 0. The lowest BCUT2D eigenvalue weighted by atomic mass is 9.91. The first-order valence-electron chi connectivity index (χ1n) is 27.5. The molecule has 10 aromatic rings. The van der Waals surface area contributed by atoms with Crippen molar-refractivity contribution in [3.05, 3.63) is 287 Å². The number of alkyl halides is 6. The maximum atomic E-state index is 14.4. The van der Waals surface area contributed by atoms with E-state index in [0.29, 0.717) is 33.6 Å². The number of nitrogens with zero attached hydrogens (tertiary/aromatic N) is 12. The van der Waals surface area contributed by atoms with Crippen LogP contribution in [0.2, 0.25) is 0 Å². The van der Waals surface area contributed by atoms with E-state index in [0.717, 1.165) is 11.1 Å². The zero-order chi connectivity index (χ0) is 61.8. The second kappa shape index (κ2) is 25.0. The van der Waals surface area contributed by atoms with E-state index in [4.69, 9.17) is 10.2 Å². The largest absolute Gasteiger partial charge is 0.428 e. The van der Waals surface area contributed by atoms with Gasteiger partial charge in [0.05, 0.1) is 58.4 Å². The van der Waals surface area contributed by atoms with E-state index in [1.807, 2.05) is 135 Å². The molecule has 0 unspecified atom stereocenters. The van der Waals surface area contributed by atoms with Gasteiger partial charge in [-0.3, -0.25) is 9.13 Å². The maximum Gasteiger partial charge on any atom is 0.428 e. The molecule has 4 atom stereocenters. The molecule has 8 aromatic carbocycles. The maximum absolute atomic E-state index is 14.4. The number of fused-ring (bicyclic) bond motifs is 2. The van der Waals surface area contributed by atoms with Gasteiger partial charge in [-0.15, -0.1) is 20.4 Å². The molecule has 0 radical (unpaired) electrons. The fourth-order valence-corrected chi connectivity index (χ4v) is 13.9. The second-order valence-corrected chi connectivity index (χ2v) is 24.4. The zero-order valence-corrected chi connectivity index (χ0v) is 48.5. The van der Waals surface area contributed by atoms with Gasteiger partial charge in [-0.25, -0.2) is 16.8 Å². The quantitative estimate of drug-likeness (QED) is 0.0670. The highest BCUT2D eigenvalue weighted by Gasteiger charge is 2.47. The summed E-state index contributed by atoms with van der Waals surface area (Å²) in [6, 6.07) is 64.3. The summed E-state index contributed by atoms with van der Waals surface area (Å²) in [5.74, 6) is 0.568. The molecule has 16 nitrogen and oxygen atoms in total. The van der Waals surface area contributed by atoms with Crippen molar-refractivity contribution in [1.82, 2.24) is 37.3 Å². The molecule has 4 heterocycles. The molecule has 0 spiro atoms. The molecule has 0 saturated heterocycles. The summed E-state index contributed by atoms with van der Waals surface area (Å²) in [6.07, 6.45) is -9.75. The van der Waals surface area contributed by atoms with Crippen molar-refractivity contribution >= 4 is 32.5 Å². The van der Waals surface area contributed by atoms with E-state index in [1.54, 1.807) is 118 Å². The SMILES string of the molecule is Cc1ccc(S(=O)(=O)N2Cc3nn(-c4ccccc4)/c(=N/N=C/C(F)(F)F)n3[C@H](c3ccccc3)[C@H]2c2ccccc2)cc1.Cc1ccc(S(=O)(=O)N2Cc3nn(-c4ccccc4)/c(=N/N=C/C(F)(F)F)n3[C@H](c3ccccc3)[C@H]2c2ccccc2)cc1. The molecular weight excluding hydrogens is 1180 g/mol. The molecule has 0 aliphatic carbocycles. The third-order valence-corrected chi connectivity index (χ3v) is 18.4. The Morgan fingerprint density at radius 3 is 0.955 bits per heavy atom. The Morgan fingerprint density at radius 2 is 0.670 bits per heavy atom. The molecule has 2 aliphatic rings. The minimum atomic E-state index is -4.68. The van der Waals surface area contributed by atoms with E-state index in [-0.39, 0.29) is 58.2 Å². The van der Waals surface area contributed by atoms with E-state index < -0.39 is 56.6 Å². The molecule has 0 fully saturated rings. The van der Waals surface area contributed by atoms with E-state index >= 15 is 0 Å². The van der Waals surface area contributed by atoms with Gasteiger partial charge in [-0.1, -0.05) is 193 Å². The first-order valence-corrected chi connectivity index (χ1v) is 30.3. The Labute approximate surface area is 502 Å². The lowest BCUT2D eigenvalue weighted by molar-refractivity contribution is -0.0546. The highest BCUT2D eigenvalue weighted by molar-refractivity contribution is 7.89. The summed E-state index contributed by atoms with van der Waals surface area (Å²) in [5.41, 5.74) is 5.67. The fraction of sp³-hybridized carbons (Fsp3) is 0.156. The Balaban J connectivity index is 0.000000182. The number of hydrogen-bond acceptors (Lipinski definition) is 10. The highest BCUT2D eigenvalue weighted by Crippen LogP contribution is 2.46. The average Bonchev–Trinajstić information content (AvgIpc) is 1.72. The topological polar surface area (TPSA) is 170 Å². The monoisotopic (exact) mass is 1230 g/mol. The molecule has 24 heteroatoms. The molecule has 0 saturated carbocycles. The normalized spacial score (nSPS) is 18.0. The predicted octanol–water partition coefficient (Wildman–Crippen LogP) is 11.9. The number of benzene rings is 8. The molecule has 448 valence electrons. The number of hydrogen-bond donors (Lipinski definition) is 0. The molecule has 88 heavy (non-hydrogen) atoms. The minimum Gasteiger partial charge on any atom is -0.285 e. The van der Waals surface area contributed by atoms with Crippen LogP contribution < -0.4 is 11.2 Å². The molecule has 0 amide bonds. The van der Waals surface area contributed by atoms with Crippen LogP contribution in [0.1, 0.15) is 69.2 Å². The molecule has 2 aliphatic heterocycles. The fourth-order valence-electron chi connectivity index (χ4n) is 10.8. The Hall–Kier alpha value is -9.62. The third-order valence-electron chi connectivity index (χ3n) is 14.7. The van der Waals surface area contributed by atoms with Crippen LogP contribution in [0.25, 0.3) is 11.4 Å². The van der Waals surface area contributed by atoms with Gasteiger partial charge in [0.15, 0.2) is 0 Å². The van der Waals surface area contributed by atoms with Crippen molar-refractivity contribution in [2.75, 3.05) is 0 Å². The Kier molecular flexibility index (Phi) is 17.1. The molecule has 12 rings (SSSR count). The third kappa shape index (κ3) is 12.8. The van der Waals surface area contributed by atoms with Crippen LogP contribution in [0.5, 0.6) is 0 Å². The highest BCUT2D eigenvalue weighted by atomic mass is 32.2. The van der Waals surface area contributed by atoms with Gasteiger partial charge in [0.1, 0.15) is 24.1 Å². The van der Waals surface area contributed by atoms with Crippen molar-refractivity contribution in [2.24, 2.45) is 20.4 Å². The van der Waals surface area contributed by atoms with Crippen LogP contribution in [0.4, 0.5) is 26.3 Å². The van der Waals surface area contributed by atoms with E-state index in [2.05, 4.69) is 20.4 Å². The second-order valence-electron chi connectivity index (χ2n) is 20.6. The van der Waals surface area contributed by atoms with Gasteiger partial charge < -0.3 is 0 Å². The van der Waals surface area contributed by atoms with Gasteiger partial charge in [-0.05, 0) is 84.6 Å². The van der Waals surface area contributed by atoms with E-state index in [9.17, 15) is 43.2 Å². The number of halogens is 6. The smallest absolute Gasteiger partial charge is 0.285 e. The molecule has 2 aromatic heterocycles. The summed E-state index contributed by atoms with van der Waals surface area (Å²) in [7, 11) is -8.21. The lowest BCUT2D eigenvalue weighted by Gasteiger charge is -2.41. The average molecular weight is 1230 g/mol. The number of aromatic nitrogens is 6. The van der Waals surface area contributed by atoms with Crippen molar-refractivity contribution in [3.63, 3.8) is 0 Å². The molecule has 0 bridgehead atoms. The van der Waals surface area contributed by atoms with Gasteiger partial charge in [0, 0.05) is 0 Å². The van der Waals surface area contributed by atoms with E-state index in [1.165, 1.54) is 18.0 Å². The van der Waals surface area contributed by atoms with Gasteiger partial charge >= 0.3 is 12.4 Å². The first kappa shape index (κ1) is 60.1. The van der Waals surface area contributed by atoms with Crippen molar-refractivity contribution < 1.29 is 43.2 Å². The lowest BCUT2D eigenvalue weighted by Crippen LogP contribution is -2.46. The van der Waals surface area contributed by atoms with Crippen LogP contribution in [0, 0.1) is 13.8 Å². The van der Waals surface area contributed by atoms with Crippen molar-refractivity contribution in [3.8, 4) is 11.4 Å². The van der Waals surface area contributed by atoms with Gasteiger partial charge in [-0.2, -0.15) is 54.5 Å². The van der Waals surface area contributed by atoms with Crippen LogP contribution in [0.15, 0.2) is 261 Å². The standard InChI is InChI=1S/2C32H27F3N6O2S/c2*1-23-17-19-27(20-18-23)44(42,43)39-21-28-38-41(26-15-9-4-10-16-26)31(37-36-22-32(33,34)35)40(28)30(25-13-7-3-8-14-25)29(39)24-11-5-2-6-12-24/h2*2-20,22,29-30H,21H2,1H3/b2*36-22+,37-31+/t2*29-,30-/m11/s1. The number of sulfonamides is 2. The Morgan fingerprint density at radius 1 is 0.398 bits per heavy atom. The summed E-state index contributed by atoms with van der Waals surface area (Å²) in [5, 5.41) is 24.3. The van der Waals surface area contributed by atoms with Crippen molar-refractivity contribution in [2.45, 2.75) is 73.2 Å². The first-order chi connectivity index (χ1) is 42.3. The minimum absolute atomic E-state index is 0.00821. The number of aryl methyl sites for hydroxylation is 2. The van der Waals surface area contributed by atoms with Crippen LogP contribution >= 0.6 is 0 Å².